The van der Waals surface area contributed by atoms with Crippen LogP contribution in [0, 0.1) is 5.92 Å². The number of nitrogens with zero attached hydrogens (tertiary/aromatic N) is 2. The van der Waals surface area contributed by atoms with Crippen molar-refractivity contribution in [3.8, 4) is 0 Å². The minimum absolute atomic E-state index is 0. The van der Waals surface area contributed by atoms with Gasteiger partial charge in [-0.05, 0) is 30.2 Å². The highest BCUT2D eigenvalue weighted by Crippen LogP contribution is 2.19. The summed E-state index contributed by atoms with van der Waals surface area (Å²) >= 11 is 0. The highest BCUT2D eigenvalue weighted by atomic mass is 35.5. The molecular weight excluding hydrogens is 274 g/mol. The average molecular weight is 292 g/mol. The molecule has 0 aliphatic carbocycles. The van der Waals surface area contributed by atoms with Crippen LogP contribution in [0.4, 0.5) is 0 Å². The zero-order valence-electron chi connectivity index (χ0n) is 11.3. The third-order valence-electron chi connectivity index (χ3n) is 3.81. The molecule has 1 aliphatic rings. The van der Waals surface area contributed by atoms with E-state index in [2.05, 4.69) is 11.9 Å². The van der Waals surface area contributed by atoms with Gasteiger partial charge in [-0.25, -0.2) is 0 Å². The van der Waals surface area contributed by atoms with Gasteiger partial charge >= 0.3 is 0 Å². The summed E-state index contributed by atoms with van der Waals surface area (Å²) in [5.41, 5.74) is 7.59. The molecule has 2 heterocycles. The standard InChI is InChI=1S/C15H17N3O.ClH/c1-10-8-18(9-13(10)16)15(19)12-4-5-14-11(7-12)3-2-6-17-14;/h2-7,10,13H,8-9,16H2,1H3;1H. The molecule has 1 aromatic carbocycles. The lowest BCUT2D eigenvalue weighted by Gasteiger charge is -2.16. The van der Waals surface area contributed by atoms with E-state index < -0.39 is 0 Å². The minimum atomic E-state index is 0. The normalized spacial score (nSPS) is 21.8. The molecule has 0 bridgehead atoms. The fourth-order valence-corrected chi connectivity index (χ4v) is 2.55. The first-order chi connectivity index (χ1) is 9.15. The predicted molar refractivity (Wildman–Crippen MR) is 82.0 cm³/mol. The topological polar surface area (TPSA) is 59.2 Å². The number of nitrogens with two attached hydrogens (primary N) is 1. The molecule has 1 amide bonds. The molecular formula is C15H18ClN3O. The zero-order chi connectivity index (χ0) is 13.4. The molecule has 2 N–H and O–H groups in total. The van der Waals surface area contributed by atoms with Crippen molar-refractivity contribution in [1.29, 1.82) is 0 Å². The highest BCUT2D eigenvalue weighted by Gasteiger charge is 2.30. The second-order valence-electron chi connectivity index (χ2n) is 5.26. The average Bonchev–Trinajstić information content (AvgIpc) is 2.77. The van der Waals surface area contributed by atoms with E-state index in [-0.39, 0.29) is 24.4 Å². The summed E-state index contributed by atoms with van der Waals surface area (Å²) in [6, 6.07) is 9.57. The van der Waals surface area contributed by atoms with Crippen LogP contribution in [0.2, 0.25) is 0 Å². The number of amides is 1. The van der Waals surface area contributed by atoms with Gasteiger partial charge in [0.15, 0.2) is 0 Å². The molecule has 3 rings (SSSR count). The van der Waals surface area contributed by atoms with Gasteiger partial charge in [0.25, 0.3) is 5.91 Å². The molecule has 2 unspecified atom stereocenters. The van der Waals surface area contributed by atoms with E-state index in [1.807, 2.05) is 35.2 Å². The first-order valence-electron chi connectivity index (χ1n) is 6.55. The van der Waals surface area contributed by atoms with E-state index in [4.69, 9.17) is 5.73 Å². The Morgan fingerprint density at radius 1 is 1.35 bits per heavy atom. The Labute approximate surface area is 124 Å². The van der Waals surface area contributed by atoms with Crippen molar-refractivity contribution in [2.45, 2.75) is 13.0 Å². The Bertz CT molecular complexity index is 621. The van der Waals surface area contributed by atoms with Crippen molar-refractivity contribution < 1.29 is 4.79 Å². The number of likely N-dealkylation sites (tertiary alicyclic amines) is 1. The second-order valence-corrected chi connectivity index (χ2v) is 5.26. The van der Waals surface area contributed by atoms with Crippen LogP contribution in [0.15, 0.2) is 36.5 Å². The summed E-state index contributed by atoms with van der Waals surface area (Å²) in [7, 11) is 0. The molecule has 0 saturated carbocycles. The Morgan fingerprint density at radius 2 is 2.15 bits per heavy atom. The summed E-state index contributed by atoms with van der Waals surface area (Å²) < 4.78 is 0. The van der Waals surface area contributed by atoms with Crippen molar-refractivity contribution in [2.75, 3.05) is 13.1 Å². The Hall–Kier alpha value is -1.65. The number of benzene rings is 1. The van der Waals surface area contributed by atoms with Gasteiger partial charge in [-0.3, -0.25) is 9.78 Å². The molecule has 2 aromatic rings. The van der Waals surface area contributed by atoms with Gasteiger partial charge in [-0.2, -0.15) is 0 Å². The van der Waals surface area contributed by atoms with Crippen molar-refractivity contribution in [2.24, 2.45) is 11.7 Å². The summed E-state index contributed by atoms with van der Waals surface area (Å²) in [6.07, 6.45) is 1.75. The summed E-state index contributed by atoms with van der Waals surface area (Å²) in [5, 5.41) is 0.991. The van der Waals surface area contributed by atoms with Crippen LogP contribution < -0.4 is 5.73 Å². The van der Waals surface area contributed by atoms with Crippen molar-refractivity contribution in [3.05, 3.63) is 42.1 Å². The number of pyridine rings is 1. The number of fused-ring (bicyclic) bond motifs is 1. The molecule has 2 atom stereocenters. The fraction of sp³-hybridized carbons (Fsp3) is 0.333. The number of rotatable bonds is 1. The van der Waals surface area contributed by atoms with Gasteiger partial charge in [-0.1, -0.05) is 13.0 Å². The van der Waals surface area contributed by atoms with E-state index in [1.54, 1.807) is 6.20 Å². The van der Waals surface area contributed by atoms with Crippen LogP contribution >= 0.6 is 12.4 Å². The molecule has 5 heteroatoms. The molecule has 1 fully saturated rings. The zero-order valence-corrected chi connectivity index (χ0v) is 12.1. The number of hydrogen-bond acceptors (Lipinski definition) is 3. The van der Waals surface area contributed by atoms with Gasteiger partial charge < -0.3 is 10.6 Å². The Kier molecular flexibility index (Phi) is 4.26. The van der Waals surface area contributed by atoms with Crippen molar-refractivity contribution >= 4 is 29.2 Å². The van der Waals surface area contributed by atoms with Crippen LogP contribution in [0.3, 0.4) is 0 Å². The van der Waals surface area contributed by atoms with Crippen LogP contribution in [-0.4, -0.2) is 34.9 Å². The lowest BCUT2D eigenvalue weighted by molar-refractivity contribution is 0.0787. The van der Waals surface area contributed by atoms with Gasteiger partial charge in [0.2, 0.25) is 0 Å². The van der Waals surface area contributed by atoms with E-state index in [0.29, 0.717) is 18.0 Å². The van der Waals surface area contributed by atoms with E-state index in [9.17, 15) is 4.79 Å². The molecule has 20 heavy (non-hydrogen) atoms. The number of hydrogen-bond donors (Lipinski definition) is 1. The number of carbonyl (C=O) groups excluding carboxylic acids is 1. The molecule has 106 valence electrons. The van der Waals surface area contributed by atoms with Gasteiger partial charge in [0.05, 0.1) is 5.52 Å². The van der Waals surface area contributed by atoms with Crippen LogP contribution in [-0.2, 0) is 0 Å². The maximum atomic E-state index is 12.4. The van der Waals surface area contributed by atoms with E-state index in [1.165, 1.54) is 0 Å². The van der Waals surface area contributed by atoms with Crippen LogP contribution in [0.25, 0.3) is 10.9 Å². The van der Waals surface area contributed by atoms with E-state index in [0.717, 1.165) is 17.4 Å². The molecule has 4 nitrogen and oxygen atoms in total. The van der Waals surface area contributed by atoms with Crippen molar-refractivity contribution in [3.63, 3.8) is 0 Å². The molecule has 1 aromatic heterocycles. The monoisotopic (exact) mass is 291 g/mol. The highest BCUT2D eigenvalue weighted by molar-refractivity contribution is 5.98. The Morgan fingerprint density at radius 3 is 2.85 bits per heavy atom. The minimum Gasteiger partial charge on any atom is -0.337 e. The SMILES string of the molecule is CC1CN(C(=O)c2ccc3ncccc3c2)CC1N.Cl. The van der Waals surface area contributed by atoms with Gasteiger partial charge in [-0.15, -0.1) is 12.4 Å². The summed E-state index contributed by atoms with van der Waals surface area (Å²) in [6.45, 7) is 3.47. The quantitative estimate of drug-likeness (QED) is 0.875. The maximum absolute atomic E-state index is 12.4. The van der Waals surface area contributed by atoms with Crippen molar-refractivity contribution in [1.82, 2.24) is 9.88 Å². The lowest BCUT2D eigenvalue weighted by atomic mass is 10.1. The second kappa shape index (κ2) is 5.77. The summed E-state index contributed by atoms with van der Waals surface area (Å²) in [4.78, 5) is 18.5. The predicted octanol–water partition coefficient (Wildman–Crippen LogP) is 2.08. The lowest BCUT2D eigenvalue weighted by Crippen LogP contribution is -2.32. The van der Waals surface area contributed by atoms with E-state index >= 15 is 0 Å². The maximum Gasteiger partial charge on any atom is 0.253 e. The smallest absolute Gasteiger partial charge is 0.253 e. The largest absolute Gasteiger partial charge is 0.337 e. The summed E-state index contributed by atoms with van der Waals surface area (Å²) in [5.74, 6) is 0.427. The van der Waals surface area contributed by atoms with Gasteiger partial charge in [0.1, 0.15) is 0 Å². The third-order valence-corrected chi connectivity index (χ3v) is 3.81. The Balaban J connectivity index is 0.00000147. The van der Waals surface area contributed by atoms with Gasteiger partial charge in [0, 0.05) is 36.3 Å². The third kappa shape index (κ3) is 2.62. The number of carbonyl (C=O) groups is 1. The number of aromatic nitrogens is 1. The molecule has 0 spiro atoms. The first kappa shape index (κ1) is 14.8. The molecule has 0 radical (unpaired) electrons. The first-order valence-corrected chi connectivity index (χ1v) is 6.55. The molecule has 1 saturated heterocycles. The molecule has 1 aliphatic heterocycles. The van der Waals surface area contributed by atoms with Crippen LogP contribution in [0.1, 0.15) is 17.3 Å². The van der Waals surface area contributed by atoms with Crippen LogP contribution in [0.5, 0.6) is 0 Å². The number of halogens is 1. The fourth-order valence-electron chi connectivity index (χ4n) is 2.55.